The van der Waals surface area contributed by atoms with Crippen molar-refractivity contribution in [3.8, 4) is 0 Å². The maximum Gasteiger partial charge on any atom is 0.352 e. The molecule has 0 aliphatic rings. The summed E-state index contributed by atoms with van der Waals surface area (Å²) in [6.45, 7) is 1.69. The van der Waals surface area contributed by atoms with E-state index in [4.69, 9.17) is 0 Å². The highest BCUT2D eigenvalue weighted by Gasteiger charge is 2.12. The zero-order valence-corrected chi connectivity index (χ0v) is 6.14. The molecule has 0 saturated heterocycles. The Morgan fingerprint density at radius 2 is 2.50 bits per heavy atom. The van der Waals surface area contributed by atoms with Crippen molar-refractivity contribution < 1.29 is 9.53 Å². The molecule has 0 atom stereocenters. The summed E-state index contributed by atoms with van der Waals surface area (Å²) in [5.74, 6) is -0.479. The molecule has 1 heterocycles. The van der Waals surface area contributed by atoms with E-state index in [-0.39, 0.29) is 0 Å². The number of aryl methyl sites for hydroxylation is 1. The number of carbonyl (C=O) groups is 1. The second kappa shape index (κ2) is 2.74. The Morgan fingerprint density at radius 3 is 2.90 bits per heavy atom. The highest BCUT2D eigenvalue weighted by Crippen LogP contribution is 2.09. The second-order valence-corrected chi connectivity index (χ2v) is 2.37. The quantitative estimate of drug-likeness (QED) is 0.565. The summed E-state index contributed by atoms with van der Waals surface area (Å²) in [5, 5.41) is 3.63. The third-order valence-electron chi connectivity index (χ3n) is 0.968. The summed E-state index contributed by atoms with van der Waals surface area (Å²) < 4.78 is 7.77. The van der Waals surface area contributed by atoms with E-state index < -0.39 is 5.97 Å². The van der Waals surface area contributed by atoms with Gasteiger partial charge in [-0.1, -0.05) is 4.49 Å². The summed E-state index contributed by atoms with van der Waals surface area (Å²) in [6, 6.07) is 0. The first-order valence-electron chi connectivity index (χ1n) is 2.51. The van der Waals surface area contributed by atoms with E-state index in [2.05, 4.69) is 21.4 Å². The summed E-state index contributed by atoms with van der Waals surface area (Å²) in [4.78, 5) is 11.2. The van der Waals surface area contributed by atoms with E-state index in [1.165, 1.54) is 0 Å². The van der Waals surface area contributed by atoms with Gasteiger partial charge in [0, 0.05) is 0 Å². The molecule has 4 nitrogen and oxygen atoms in total. The number of aromatic nitrogens is 2. The Morgan fingerprint density at radius 1 is 1.80 bits per heavy atom. The largest absolute Gasteiger partial charge is 0.458 e. The molecule has 0 spiro atoms. The number of carbonyl (C=O) groups excluding carboxylic acids is 1. The number of nitrogens with zero attached hydrogens (tertiary/aromatic N) is 2. The molecule has 0 bridgehead atoms. The van der Waals surface area contributed by atoms with Crippen molar-refractivity contribution in [2.24, 2.45) is 0 Å². The van der Waals surface area contributed by atoms with Crippen LogP contribution in [0.3, 0.4) is 0 Å². The van der Waals surface area contributed by atoms with Crippen LogP contribution in [0.4, 0.5) is 0 Å². The molecule has 1 aromatic rings. The maximum atomic E-state index is 10.7. The predicted octanol–water partition coefficient (Wildman–Crippen LogP) is 0.795. The van der Waals surface area contributed by atoms with Crippen molar-refractivity contribution in [2.45, 2.75) is 6.92 Å². The zero-order chi connectivity index (χ0) is 7.56. The van der Waals surface area contributed by atoms with Crippen molar-refractivity contribution in [1.82, 2.24) is 9.59 Å². The highest BCUT2D eigenvalue weighted by atomic mass is 32.1. The fourth-order valence-corrected chi connectivity index (χ4v) is 1.04. The van der Waals surface area contributed by atoms with Gasteiger partial charge >= 0.3 is 5.97 Å². The van der Waals surface area contributed by atoms with E-state index in [9.17, 15) is 4.79 Å². The van der Waals surface area contributed by atoms with Gasteiger partial charge in [-0.25, -0.2) is 4.79 Å². The molecule has 0 amide bonds. The minimum absolute atomic E-state index is 0.412. The molecular weight excluding hydrogens is 152 g/mol. The lowest BCUT2D eigenvalue weighted by molar-refractivity contribution is 0.0658. The number of hydrogen-bond donors (Lipinski definition) is 0. The van der Waals surface area contributed by atoms with Gasteiger partial charge in [-0.15, -0.1) is 5.10 Å². The van der Waals surface area contributed by atoms with Crippen LogP contribution in [0.5, 0.6) is 0 Å². The Balaban J connectivity index is 2.93. The third kappa shape index (κ3) is 1.13. The number of rotatable bonds is 1. The van der Waals surface area contributed by atoms with Gasteiger partial charge in [0.05, 0.1) is 5.69 Å². The molecule has 0 aromatic carbocycles. The van der Waals surface area contributed by atoms with Gasteiger partial charge < -0.3 is 4.74 Å². The molecule has 0 aliphatic heterocycles. The van der Waals surface area contributed by atoms with E-state index >= 15 is 0 Å². The topological polar surface area (TPSA) is 52.1 Å². The van der Waals surface area contributed by atoms with Crippen LogP contribution in [0.2, 0.25) is 0 Å². The molecule has 0 unspecified atom stereocenters. The van der Waals surface area contributed by atoms with Crippen LogP contribution in [-0.4, -0.2) is 15.6 Å². The molecule has 1 rings (SSSR count). The van der Waals surface area contributed by atoms with Crippen LogP contribution < -0.4 is 0 Å². The van der Waals surface area contributed by atoms with Gasteiger partial charge in [-0.2, -0.15) is 0 Å². The molecule has 0 fully saturated rings. The minimum Gasteiger partial charge on any atom is -0.458 e. The van der Waals surface area contributed by atoms with Crippen LogP contribution in [0.1, 0.15) is 15.4 Å². The molecule has 0 aliphatic carbocycles. The van der Waals surface area contributed by atoms with Crippen LogP contribution in [-0.2, 0) is 4.74 Å². The lowest BCUT2D eigenvalue weighted by atomic mass is 10.4. The summed E-state index contributed by atoms with van der Waals surface area (Å²) in [5.41, 5.74) is 0.582. The first-order chi connectivity index (χ1) is 4.75. The molecule has 53 valence electrons. The Kier molecular flexibility index (Phi) is 1.96. The smallest absolute Gasteiger partial charge is 0.352 e. The minimum atomic E-state index is -0.479. The highest BCUT2D eigenvalue weighted by molar-refractivity contribution is 7.07. The molecule has 0 N–H and O–H groups in total. The van der Waals surface area contributed by atoms with Crippen molar-refractivity contribution in [2.75, 3.05) is 0 Å². The van der Waals surface area contributed by atoms with Gasteiger partial charge in [0.15, 0.2) is 4.88 Å². The van der Waals surface area contributed by atoms with Crippen molar-refractivity contribution in [3.05, 3.63) is 17.7 Å². The fourth-order valence-electron chi connectivity index (χ4n) is 0.484. The van der Waals surface area contributed by atoms with Gasteiger partial charge in [0.1, 0.15) is 7.11 Å². The molecular formula is C5H5N2O2S. The van der Waals surface area contributed by atoms with Crippen molar-refractivity contribution in [1.29, 1.82) is 0 Å². The Hall–Kier alpha value is -0.970. The van der Waals surface area contributed by atoms with E-state index in [0.717, 1.165) is 11.5 Å². The molecule has 1 aromatic heterocycles. The van der Waals surface area contributed by atoms with Crippen LogP contribution >= 0.6 is 11.5 Å². The first-order valence-corrected chi connectivity index (χ1v) is 3.28. The van der Waals surface area contributed by atoms with Crippen LogP contribution in [0.25, 0.3) is 0 Å². The monoisotopic (exact) mass is 157 g/mol. The number of esters is 1. The van der Waals surface area contributed by atoms with Gasteiger partial charge in [-0.3, -0.25) is 0 Å². The molecule has 1 radical (unpaired) electrons. The van der Waals surface area contributed by atoms with Crippen LogP contribution in [0, 0.1) is 14.0 Å². The van der Waals surface area contributed by atoms with E-state index in [1.807, 2.05) is 0 Å². The Bertz CT molecular complexity index is 246. The standard InChI is InChI=1S/C5H5N2O2S/c1-3-4(5(8)9-2)10-7-6-3/h2H2,1H3. The normalized spacial score (nSPS) is 9.40. The van der Waals surface area contributed by atoms with Gasteiger partial charge in [0.2, 0.25) is 0 Å². The Labute approximate surface area is 62.0 Å². The molecule has 5 heteroatoms. The SMILES string of the molecule is [CH2]OC(=O)c1snnc1C. The molecule has 0 saturated carbocycles. The van der Waals surface area contributed by atoms with Crippen molar-refractivity contribution >= 4 is 17.5 Å². The maximum absolute atomic E-state index is 10.7. The third-order valence-corrected chi connectivity index (χ3v) is 1.78. The average Bonchev–Trinajstić information content (AvgIpc) is 2.34. The number of hydrogen-bond acceptors (Lipinski definition) is 5. The fraction of sp³-hybridized carbons (Fsp3) is 0.200. The summed E-state index contributed by atoms with van der Waals surface area (Å²) in [6.07, 6.45) is 0. The first kappa shape index (κ1) is 7.14. The average molecular weight is 157 g/mol. The van der Waals surface area contributed by atoms with Gasteiger partial charge in [0.25, 0.3) is 0 Å². The predicted molar refractivity (Wildman–Crippen MR) is 35.4 cm³/mol. The number of ether oxygens (including phenoxy) is 1. The summed E-state index contributed by atoms with van der Waals surface area (Å²) >= 11 is 1.01. The second-order valence-electron chi connectivity index (χ2n) is 1.62. The van der Waals surface area contributed by atoms with E-state index in [0.29, 0.717) is 10.6 Å². The molecule has 10 heavy (non-hydrogen) atoms. The van der Waals surface area contributed by atoms with Crippen molar-refractivity contribution in [3.63, 3.8) is 0 Å². The van der Waals surface area contributed by atoms with Crippen LogP contribution in [0.15, 0.2) is 0 Å². The zero-order valence-electron chi connectivity index (χ0n) is 5.33. The lowest BCUT2D eigenvalue weighted by Crippen LogP contribution is -1.98. The van der Waals surface area contributed by atoms with Gasteiger partial charge in [-0.05, 0) is 18.5 Å². The summed E-state index contributed by atoms with van der Waals surface area (Å²) in [7, 11) is 2.98. The lowest BCUT2D eigenvalue weighted by Gasteiger charge is -1.91. The van der Waals surface area contributed by atoms with E-state index in [1.54, 1.807) is 6.92 Å².